The minimum atomic E-state index is -0.808. The highest BCUT2D eigenvalue weighted by Gasteiger charge is 2.10. The van der Waals surface area contributed by atoms with Crippen molar-refractivity contribution in [2.75, 3.05) is 11.9 Å². The fourth-order valence-corrected chi connectivity index (χ4v) is 2.01. The van der Waals surface area contributed by atoms with Crippen molar-refractivity contribution < 1.29 is 14.7 Å². The van der Waals surface area contributed by atoms with Crippen molar-refractivity contribution in [1.82, 2.24) is 5.32 Å². The molecule has 2 rings (SSSR count). The van der Waals surface area contributed by atoms with E-state index >= 15 is 0 Å². The van der Waals surface area contributed by atoms with Crippen LogP contribution in [-0.2, 0) is 4.79 Å². The van der Waals surface area contributed by atoms with E-state index in [9.17, 15) is 14.7 Å². The Labute approximate surface area is 132 Å². The predicted molar refractivity (Wildman–Crippen MR) is 84.9 cm³/mol. The first-order chi connectivity index (χ1) is 10.6. The number of nitrogens with one attached hydrogen (secondary N) is 2. The van der Waals surface area contributed by atoms with Crippen molar-refractivity contribution in [3.63, 3.8) is 0 Å². The number of aliphatic hydroxyl groups is 1. The maximum absolute atomic E-state index is 12.0. The van der Waals surface area contributed by atoms with Gasteiger partial charge in [-0.15, -0.1) is 0 Å². The number of hydrogen-bond acceptors (Lipinski definition) is 3. The highest BCUT2D eigenvalue weighted by molar-refractivity contribution is 6.30. The fourth-order valence-electron chi connectivity index (χ4n) is 1.88. The smallest absolute Gasteiger partial charge is 0.251 e. The summed E-state index contributed by atoms with van der Waals surface area (Å²) in [6, 6.07) is 13.2. The Balaban J connectivity index is 1.91. The molecule has 2 aromatic carbocycles. The lowest BCUT2D eigenvalue weighted by molar-refractivity contribution is -0.105. The first kappa shape index (κ1) is 16.0. The molecular formula is C16H15ClN2O3. The SMILES string of the molecule is O=CNc1ccc(C(=O)NCC(O)c2ccc(Cl)cc2)cc1. The maximum atomic E-state index is 12.0. The number of benzene rings is 2. The average Bonchev–Trinajstić information content (AvgIpc) is 2.54. The Kier molecular flexibility index (Phi) is 5.52. The van der Waals surface area contributed by atoms with Crippen LogP contribution >= 0.6 is 11.6 Å². The molecule has 1 unspecified atom stereocenters. The molecule has 0 spiro atoms. The highest BCUT2D eigenvalue weighted by Crippen LogP contribution is 2.16. The summed E-state index contributed by atoms with van der Waals surface area (Å²) in [6.07, 6.45) is -0.241. The largest absolute Gasteiger partial charge is 0.387 e. The van der Waals surface area contributed by atoms with E-state index in [2.05, 4.69) is 10.6 Å². The number of rotatable bonds is 6. The Morgan fingerprint density at radius 1 is 1.14 bits per heavy atom. The van der Waals surface area contributed by atoms with Crippen molar-refractivity contribution >= 4 is 29.6 Å². The zero-order chi connectivity index (χ0) is 15.9. The van der Waals surface area contributed by atoms with Crippen LogP contribution in [0.2, 0.25) is 5.02 Å². The number of anilines is 1. The number of hydrogen-bond donors (Lipinski definition) is 3. The van der Waals surface area contributed by atoms with E-state index < -0.39 is 6.10 Å². The number of carbonyl (C=O) groups is 2. The third kappa shape index (κ3) is 4.31. The maximum Gasteiger partial charge on any atom is 0.251 e. The summed E-state index contributed by atoms with van der Waals surface area (Å²) in [5.74, 6) is -0.300. The van der Waals surface area contributed by atoms with E-state index in [0.717, 1.165) is 0 Å². The van der Waals surface area contributed by atoms with Gasteiger partial charge in [-0.3, -0.25) is 9.59 Å². The van der Waals surface area contributed by atoms with E-state index in [1.807, 2.05) is 0 Å². The van der Waals surface area contributed by atoms with Gasteiger partial charge in [-0.1, -0.05) is 23.7 Å². The second-order valence-corrected chi connectivity index (χ2v) is 5.05. The van der Waals surface area contributed by atoms with Crippen molar-refractivity contribution in [2.45, 2.75) is 6.10 Å². The van der Waals surface area contributed by atoms with Gasteiger partial charge in [0.25, 0.3) is 5.91 Å². The number of amides is 2. The lowest BCUT2D eigenvalue weighted by Gasteiger charge is -2.12. The van der Waals surface area contributed by atoms with Gasteiger partial charge in [0.05, 0.1) is 6.10 Å². The second-order valence-electron chi connectivity index (χ2n) is 4.62. The Morgan fingerprint density at radius 2 is 1.77 bits per heavy atom. The molecule has 0 aliphatic heterocycles. The number of carbonyl (C=O) groups excluding carboxylic acids is 2. The van der Waals surface area contributed by atoms with Crippen LogP contribution in [0.3, 0.4) is 0 Å². The van der Waals surface area contributed by atoms with Gasteiger partial charge < -0.3 is 15.7 Å². The topological polar surface area (TPSA) is 78.4 Å². The van der Waals surface area contributed by atoms with Gasteiger partial charge in [0.1, 0.15) is 0 Å². The number of halogens is 1. The molecule has 3 N–H and O–H groups in total. The van der Waals surface area contributed by atoms with E-state index in [4.69, 9.17) is 11.6 Å². The van der Waals surface area contributed by atoms with Crippen molar-refractivity contribution in [3.8, 4) is 0 Å². The van der Waals surface area contributed by atoms with Gasteiger partial charge in [0.2, 0.25) is 6.41 Å². The predicted octanol–water partition coefficient (Wildman–Crippen LogP) is 2.37. The fraction of sp³-hybridized carbons (Fsp3) is 0.125. The Hall–Kier alpha value is -2.37. The van der Waals surface area contributed by atoms with Gasteiger partial charge in [-0.05, 0) is 42.0 Å². The van der Waals surface area contributed by atoms with Crippen LogP contribution in [0, 0.1) is 0 Å². The summed E-state index contributed by atoms with van der Waals surface area (Å²) in [6.45, 7) is 0.0921. The Morgan fingerprint density at radius 3 is 2.36 bits per heavy atom. The monoisotopic (exact) mass is 318 g/mol. The van der Waals surface area contributed by atoms with Gasteiger partial charge in [0.15, 0.2) is 0 Å². The molecule has 2 aromatic rings. The molecule has 0 aliphatic carbocycles. The van der Waals surface area contributed by atoms with Crippen molar-refractivity contribution in [2.24, 2.45) is 0 Å². The molecule has 0 radical (unpaired) electrons. The van der Waals surface area contributed by atoms with Crippen LogP contribution in [0.1, 0.15) is 22.0 Å². The molecule has 0 fully saturated rings. The van der Waals surface area contributed by atoms with Crippen LogP contribution in [0.15, 0.2) is 48.5 Å². The zero-order valence-electron chi connectivity index (χ0n) is 11.6. The second kappa shape index (κ2) is 7.59. The van der Waals surface area contributed by atoms with Crippen molar-refractivity contribution in [1.29, 1.82) is 0 Å². The molecular weight excluding hydrogens is 304 g/mol. The molecule has 0 saturated heterocycles. The molecule has 5 nitrogen and oxygen atoms in total. The number of aliphatic hydroxyl groups excluding tert-OH is 1. The van der Waals surface area contributed by atoms with Gasteiger partial charge >= 0.3 is 0 Å². The minimum Gasteiger partial charge on any atom is -0.387 e. The molecule has 2 amide bonds. The lowest BCUT2D eigenvalue weighted by Crippen LogP contribution is -2.28. The summed E-state index contributed by atoms with van der Waals surface area (Å²) in [4.78, 5) is 22.3. The van der Waals surface area contributed by atoms with Crippen LogP contribution in [0.5, 0.6) is 0 Å². The first-order valence-electron chi connectivity index (χ1n) is 6.62. The molecule has 22 heavy (non-hydrogen) atoms. The molecule has 0 saturated carbocycles. The quantitative estimate of drug-likeness (QED) is 0.715. The molecule has 114 valence electrons. The van der Waals surface area contributed by atoms with Crippen LogP contribution in [0.4, 0.5) is 5.69 Å². The third-order valence-corrected chi connectivity index (χ3v) is 3.34. The van der Waals surface area contributed by atoms with E-state index in [1.165, 1.54) is 0 Å². The molecule has 1 atom stereocenters. The Bertz CT molecular complexity index is 641. The zero-order valence-corrected chi connectivity index (χ0v) is 12.4. The lowest BCUT2D eigenvalue weighted by atomic mass is 10.1. The summed E-state index contributed by atoms with van der Waals surface area (Å²) < 4.78 is 0. The minimum absolute atomic E-state index is 0.0921. The van der Waals surface area contributed by atoms with Gasteiger partial charge in [-0.2, -0.15) is 0 Å². The average molecular weight is 319 g/mol. The molecule has 0 heterocycles. The van der Waals surface area contributed by atoms with Gasteiger partial charge in [-0.25, -0.2) is 0 Å². The first-order valence-corrected chi connectivity index (χ1v) is 7.00. The highest BCUT2D eigenvalue weighted by atomic mass is 35.5. The summed E-state index contributed by atoms with van der Waals surface area (Å²) in [5, 5.41) is 15.7. The van der Waals surface area contributed by atoms with E-state index in [1.54, 1.807) is 48.5 Å². The third-order valence-electron chi connectivity index (χ3n) is 3.08. The summed E-state index contributed by atoms with van der Waals surface area (Å²) in [7, 11) is 0. The molecule has 0 aromatic heterocycles. The molecule has 6 heteroatoms. The molecule has 0 aliphatic rings. The van der Waals surface area contributed by atoms with Crippen LogP contribution in [-0.4, -0.2) is 24.0 Å². The van der Waals surface area contributed by atoms with Crippen LogP contribution in [0.25, 0.3) is 0 Å². The van der Waals surface area contributed by atoms with Gasteiger partial charge in [0, 0.05) is 22.8 Å². The summed E-state index contributed by atoms with van der Waals surface area (Å²) >= 11 is 5.78. The van der Waals surface area contributed by atoms with E-state index in [-0.39, 0.29) is 12.5 Å². The van der Waals surface area contributed by atoms with Crippen molar-refractivity contribution in [3.05, 3.63) is 64.7 Å². The molecule has 0 bridgehead atoms. The normalized spacial score (nSPS) is 11.5. The van der Waals surface area contributed by atoms with Crippen LogP contribution < -0.4 is 10.6 Å². The summed E-state index contributed by atoms with van der Waals surface area (Å²) in [5.41, 5.74) is 1.72. The van der Waals surface area contributed by atoms with E-state index in [0.29, 0.717) is 28.2 Å². The standard InChI is InChI=1S/C16H15ClN2O3/c17-13-5-1-11(2-6-13)15(21)9-18-16(22)12-3-7-14(8-4-12)19-10-20/h1-8,10,15,21H,9H2,(H,18,22)(H,19,20).